The standard InChI is InChI=1S/C23H18BrNO3/c24-19-9-11-20(12-10-19)25-23(27)16-28-21-13-7-18(8-14-21)22(26)15-6-17-4-2-1-3-5-17/h1-15H,16H2,(H,25,27)/b15-6+. The van der Waals surface area contributed by atoms with Crippen LogP contribution in [0.1, 0.15) is 15.9 Å². The van der Waals surface area contributed by atoms with Gasteiger partial charge < -0.3 is 10.1 Å². The normalized spacial score (nSPS) is 10.6. The minimum absolute atomic E-state index is 0.0941. The average molecular weight is 436 g/mol. The Kier molecular flexibility index (Phi) is 6.76. The highest BCUT2D eigenvalue weighted by molar-refractivity contribution is 9.10. The number of carbonyl (C=O) groups is 2. The van der Waals surface area contributed by atoms with Crippen molar-refractivity contribution in [1.29, 1.82) is 0 Å². The van der Waals surface area contributed by atoms with Crippen LogP contribution in [-0.4, -0.2) is 18.3 Å². The van der Waals surface area contributed by atoms with E-state index in [0.29, 0.717) is 17.0 Å². The van der Waals surface area contributed by atoms with E-state index in [4.69, 9.17) is 4.74 Å². The molecule has 0 aliphatic heterocycles. The van der Waals surface area contributed by atoms with Crippen LogP contribution in [0.2, 0.25) is 0 Å². The molecule has 0 atom stereocenters. The SMILES string of the molecule is O=C(COc1ccc(C(=O)/C=C/c2ccccc2)cc1)Nc1ccc(Br)cc1. The molecule has 3 rings (SSSR count). The predicted molar refractivity (Wildman–Crippen MR) is 115 cm³/mol. The van der Waals surface area contributed by atoms with Gasteiger partial charge in [0.25, 0.3) is 5.91 Å². The molecule has 0 spiro atoms. The van der Waals surface area contributed by atoms with Crippen molar-refractivity contribution in [2.75, 3.05) is 11.9 Å². The Balaban J connectivity index is 1.51. The zero-order valence-electron chi connectivity index (χ0n) is 15.0. The van der Waals surface area contributed by atoms with E-state index >= 15 is 0 Å². The summed E-state index contributed by atoms with van der Waals surface area (Å²) in [6.45, 7) is -0.114. The van der Waals surface area contributed by atoms with Gasteiger partial charge in [-0.25, -0.2) is 0 Å². The van der Waals surface area contributed by atoms with E-state index in [-0.39, 0.29) is 18.3 Å². The molecule has 0 aliphatic rings. The van der Waals surface area contributed by atoms with Gasteiger partial charge >= 0.3 is 0 Å². The van der Waals surface area contributed by atoms with Crippen LogP contribution < -0.4 is 10.1 Å². The van der Waals surface area contributed by atoms with Gasteiger partial charge in [-0.1, -0.05) is 52.3 Å². The fourth-order valence-corrected chi connectivity index (χ4v) is 2.69. The molecule has 5 heteroatoms. The number of hydrogen-bond acceptors (Lipinski definition) is 3. The van der Waals surface area contributed by atoms with Gasteiger partial charge in [0.1, 0.15) is 5.75 Å². The van der Waals surface area contributed by atoms with Gasteiger partial charge in [0.15, 0.2) is 12.4 Å². The fraction of sp³-hybridized carbons (Fsp3) is 0.0435. The van der Waals surface area contributed by atoms with Crippen LogP contribution >= 0.6 is 15.9 Å². The molecule has 3 aromatic rings. The zero-order chi connectivity index (χ0) is 19.8. The number of carbonyl (C=O) groups excluding carboxylic acids is 2. The Labute approximate surface area is 172 Å². The smallest absolute Gasteiger partial charge is 0.262 e. The summed E-state index contributed by atoms with van der Waals surface area (Å²) in [6.07, 6.45) is 3.32. The maximum absolute atomic E-state index is 12.2. The lowest BCUT2D eigenvalue weighted by Crippen LogP contribution is -2.20. The Morgan fingerprint density at radius 1 is 0.893 bits per heavy atom. The van der Waals surface area contributed by atoms with Gasteiger partial charge in [0.2, 0.25) is 0 Å². The molecule has 3 aromatic carbocycles. The summed E-state index contributed by atoms with van der Waals surface area (Å²) in [4.78, 5) is 24.2. The second-order valence-electron chi connectivity index (χ2n) is 5.98. The van der Waals surface area contributed by atoms with Gasteiger partial charge in [-0.15, -0.1) is 0 Å². The number of rotatable bonds is 7. The Morgan fingerprint density at radius 2 is 1.57 bits per heavy atom. The maximum Gasteiger partial charge on any atom is 0.262 e. The second-order valence-corrected chi connectivity index (χ2v) is 6.89. The molecule has 0 saturated heterocycles. The van der Waals surface area contributed by atoms with E-state index < -0.39 is 0 Å². The number of halogens is 1. The van der Waals surface area contributed by atoms with Crippen molar-refractivity contribution in [3.05, 3.63) is 101 Å². The third kappa shape index (κ3) is 5.93. The quantitative estimate of drug-likeness (QED) is 0.401. The minimum atomic E-state index is -0.256. The maximum atomic E-state index is 12.2. The lowest BCUT2D eigenvalue weighted by molar-refractivity contribution is -0.118. The van der Waals surface area contributed by atoms with Crippen LogP contribution in [0.5, 0.6) is 5.75 Å². The number of nitrogens with one attached hydrogen (secondary N) is 1. The van der Waals surface area contributed by atoms with Crippen molar-refractivity contribution in [2.24, 2.45) is 0 Å². The molecule has 0 aromatic heterocycles. The topological polar surface area (TPSA) is 55.4 Å². The molecule has 0 unspecified atom stereocenters. The van der Waals surface area contributed by atoms with Crippen LogP contribution in [0.15, 0.2) is 89.4 Å². The molecule has 28 heavy (non-hydrogen) atoms. The summed E-state index contributed by atoms with van der Waals surface area (Å²) in [5, 5.41) is 2.75. The fourth-order valence-electron chi connectivity index (χ4n) is 2.43. The molecule has 0 saturated carbocycles. The first-order chi connectivity index (χ1) is 13.6. The van der Waals surface area contributed by atoms with E-state index in [1.54, 1.807) is 42.5 Å². The van der Waals surface area contributed by atoms with Crippen LogP contribution in [-0.2, 0) is 4.79 Å². The molecule has 0 bridgehead atoms. The van der Waals surface area contributed by atoms with Crippen LogP contribution in [0.3, 0.4) is 0 Å². The Hall–Kier alpha value is -3.18. The molecular formula is C23H18BrNO3. The number of anilines is 1. The number of hydrogen-bond donors (Lipinski definition) is 1. The lowest BCUT2D eigenvalue weighted by Gasteiger charge is -2.08. The summed E-state index contributed by atoms with van der Waals surface area (Å²) in [5.74, 6) is 0.172. The Morgan fingerprint density at radius 3 is 2.25 bits per heavy atom. The van der Waals surface area contributed by atoms with Crippen LogP contribution in [0.25, 0.3) is 6.08 Å². The summed E-state index contributed by atoms with van der Waals surface area (Å²) in [5.41, 5.74) is 2.22. The molecular weight excluding hydrogens is 418 g/mol. The Bertz CT molecular complexity index is 965. The highest BCUT2D eigenvalue weighted by Crippen LogP contribution is 2.15. The molecule has 140 valence electrons. The van der Waals surface area contributed by atoms with Crippen molar-refractivity contribution in [1.82, 2.24) is 0 Å². The highest BCUT2D eigenvalue weighted by Gasteiger charge is 2.06. The molecule has 0 heterocycles. The van der Waals surface area contributed by atoms with Crippen molar-refractivity contribution in [2.45, 2.75) is 0 Å². The van der Waals surface area contributed by atoms with Gasteiger partial charge in [-0.3, -0.25) is 9.59 Å². The first kappa shape index (κ1) is 19.6. The van der Waals surface area contributed by atoms with Crippen molar-refractivity contribution < 1.29 is 14.3 Å². The minimum Gasteiger partial charge on any atom is -0.484 e. The molecule has 1 N–H and O–H groups in total. The molecule has 0 radical (unpaired) electrons. The van der Waals surface area contributed by atoms with Gasteiger partial charge in [0.05, 0.1) is 0 Å². The average Bonchev–Trinajstić information content (AvgIpc) is 2.73. The van der Waals surface area contributed by atoms with Crippen molar-refractivity contribution >= 4 is 39.4 Å². The number of benzene rings is 3. The van der Waals surface area contributed by atoms with E-state index in [1.807, 2.05) is 42.5 Å². The number of ketones is 1. The summed E-state index contributed by atoms with van der Waals surface area (Å²) in [7, 11) is 0. The molecule has 1 amide bonds. The third-order valence-electron chi connectivity index (χ3n) is 3.86. The first-order valence-electron chi connectivity index (χ1n) is 8.66. The van der Waals surface area contributed by atoms with Gasteiger partial charge in [-0.2, -0.15) is 0 Å². The summed E-state index contributed by atoms with van der Waals surface area (Å²) in [6, 6.07) is 23.6. The molecule has 0 fully saturated rings. The zero-order valence-corrected chi connectivity index (χ0v) is 16.6. The number of allylic oxidation sites excluding steroid dienone is 1. The van der Waals surface area contributed by atoms with Gasteiger partial charge in [0, 0.05) is 15.7 Å². The second kappa shape index (κ2) is 9.67. The first-order valence-corrected chi connectivity index (χ1v) is 9.45. The van der Waals surface area contributed by atoms with Crippen LogP contribution in [0, 0.1) is 0 Å². The van der Waals surface area contributed by atoms with E-state index in [2.05, 4.69) is 21.2 Å². The molecule has 0 aliphatic carbocycles. The molecule has 4 nitrogen and oxygen atoms in total. The van der Waals surface area contributed by atoms with E-state index in [0.717, 1.165) is 10.0 Å². The van der Waals surface area contributed by atoms with E-state index in [1.165, 1.54) is 6.08 Å². The highest BCUT2D eigenvalue weighted by atomic mass is 79.9. The van der Waals surface area contributed by atoms with Crippen molar-refractivity contribution in [3.8, 4) is 5.75 Å². The third-order valence-corrected chi connectivity index (χ3v) is 4.39. The summed E-state index contributed by atoms with van der Waals surface area (Å²) < 4.78 is 6.42. The van der Waals surface area contributed by atoms with Crippen molar-refractivity contribution in [3.63, 3.8) is 0 Å². The largest absolute Gasteiger partial charge is 0.484 e. The predicted octanol–water partition coefficient (Wildman–Crippen LogP) is 5.36. The number of ether oxygens (including phenoxy) is 1. The van der Waals surface area contributed by atoms with E-state index in [9.17, 15) is 9.59 Å². The summed E-state index contributed by atoms with van der Waals surface area (Å²) >= 11 is 3.34. The van der Waals surface area contributed by atoms with Crippen LogP contribution in [0.4, 0.5) is 5.69 Å². The number of amides is 1. The monoisotopic (exact) mass is 435 g/mol. The van der Waals surface area contributed by atoms with Gasteiger partial charge in [-0.05, 0) is 60.2 Å². The lowest BCUT2D eigenvalue weighted by atomic mass is 10.1.